The Bertz CT molecular complexity index is 615. The molecule has 0 radical (unpaired) electrons. The van der Waals surface area contributed by atoms with Crippen LogP contribution in [0.3, 0.4) is 0 Å². The van der Waals surface area contributed by atoms with Gasteiger partial charge in [0.25, 0.3) is 5.91 Å². The third-order valence-corrected chi connectivity index (χ3v) is 4.30. The minimum Gasteiger partial charge on any atom is -0.493 e. The number of ketones is 1. The lowest BCUT2D eigenvalue weighted by Gasteiger charge is -2.33. The number of benzene rings is 1. The fraction of sp³-hybridized carbons (Fsp3) is 0.579. The zero-order valence-corrected chi connectivity index (χ0v) is 15.5. The van der Waals surface area contributed by atoms with E-state index in [9.17, 15) is 9.59 Å². The molecule has 1 saturated heterocycles. The number of hydrogen-bond acceptors (Lipinski definition) is 5. The van der Waals surface area contributed by atoms with E-state index >= 15 is 0 Å². The molecule has 1 aliphatic heterocycles. The van der Waals surface area contributed by atoms with Gasteiger partial charge in [-0.15, -0.1) is 0 Å². The molecule has 6 nitrogen and oxygen atoms in total. The summed E-state index contributed by atoms with van der Waals surface area (Å²) in [7, 11) is 3.20. The minimum absolute atomic E-state index is 0.114. The van der Waals surface area contributed by atoms with Gasteiger partial charge in [-0.1, -0.05) is 13.8 Å². The number of carbonyl (C=O) groups excluding carboxylic acids is 2. The van der Waals surface area contributed by atoms with Gasteiger partial charge in [-0.2, -0.15) is 0 Å². The molecule has 0 bridgehead atoms. The SMILES string of the molecule is COc1ccc(N[C@H]2CCCN(C(=O)C(=O)CC(C)C)C2)cc1OC. The Morgan fingerprint density at radius 1 is 1.24 bits per heavy atom. The number of methoxy groups -OCH3 is 2. The monoisotopic (exact) mass is 348 g/mol. The molecular weight excluding hydrogens is 320 g/mol. The van der Waals surface area contributed by atoms with Crippen LogP contribution in [0.5, 0.6) is 11.5 Å². The molecule has 0 unspecified atom stereocenters. The standard InChI is InChI=1S/C19H28N2O4/c1-13(2)10-16(22)19(23)21-9-5-6-15(12-21)20-14-7-8-17(24-3)18(11-14)25-4/h7-8,11,13,15,20H,5-6,9-10,12H2,1-4H3/t15-/m0/s1. The van der Waals surface area contributed by atoms with Crippen LogP contribution in [0, 0.1) is 5.92 Å². The Morgan fingerprint density at radius 3 is 2.60 bits per heavy atom. The smallest absolute Gasteiger partial charge is 0.290 e. The van der Waals surface area contributed by atoms with E-state index in [1.165, 1.54) is 0 Å². The van der Waals surface area contributed by atoms with Crippen LogP contribution < -0.4 is 14.8 Å². The van der Waals surface area contributed by atoms with Crippen molar-refractivity contribution in [3.63, 3.8) is 0 Å². The Hall–Kier alpha value is -2.24. The first kappa shape index (κ1) is 19.1. The Labute approximate surface area is 149 Å². The maximum absolute atomic E-state index is 12.3. The van der Waals surface area contributed by atoms with E-state index in [4.69, 9.17) is 9.47 Å². The maximum Gasteiger partial charge on any atom is 0.290 e. The van der Waals surface area contributed by atoms with Crippen LogP contribution in [0.2, 0.25) is 0 Å². The van der Waals surface area contributed by atoms with Gasteiger partial charge in [0.1, 0.15) is 0 Å². The number of likely N-dealkylation sites (tertiary alicyclic amines) is 1. The van der Waals surface area contributed by atoms with Gasteiger partial charge < -0.3 is 19.7 Å². The first-order valence-electron chi connectivity index (χ1n) is 8.75. The molecule has 1 N–H and O–H groups in total. The average Bonchev–Trinajstić information content (AvgIpc) is 2.60. The van der Waals surface area contributed by atoms with Gasteiger partial charge in [-0.05, 0) is 30.9 Å². The number of Topliss-reactive ketones (excluding diaryl/α,β-unsaturated/α-hetero) is 1. The second kappa shape index (κ2) is 8.74. The molecule has 25 heavy (non-hydrogen) atoms. The van der Waals surface area contributed by atoms with Gasteiger partial charge in [0.2, 0.25) is 5.78 Å². The van der Waals surface area contributed by atoms with Gasteiger partial charge in [0.15, 0.2) is 11.5 Å². The third kappa shape index (κ3) is 5.11. The molecule has 1 heterocycles. The highest BCUT2D eigenvalue weighted by Crippen LogP contribution is 2.30. The Kier molecular flexibility index (Phi) is 6.67. The molecule has 1 fully saturated rings. The molecular formula is C19H28N2O4. The summed E-state index contributed by atoms with van der Waals surface area (Å²) in [6.45, 7) is 5.08. The van der Waals surface area contributed by atoms with Crippen molar-refractivity contribution < 1.29 is 19.1 Å². The number of amides is 1. The van der Waals surface area contributed by atoms with E-state index < -0.39 is 0 Å². The highest BCUT2D eigenvalue weighted by Gasteiger charge is 2.28. The molecule has 1 aromatic rings. The summed E-state index contributed by atoms with van der Waals surface area (Å²) in [6.07, 6.45) is 2.14. The van der Waals surface area contributed by atoms with E-state index in [1.54, 1.807) is 19.1 Å². The van der Waals surface area contributed by atoms with Crippen LogP contribution >= 0.6 is 0 Å². The van der Waals surface area contributed by atoms with Crippen molar-refractivity contribution in [2.75, 3.05) is 32.6 Å². The lowest BCUT2D eigenvalue weighted by Crippen LogP contribution is -2.47. The molecule has 0 spiro atoms. The summed E-state index contributed by atoms with van der Waals surface area (Å²) in [5.41, 5.74) is 0.908. The molecule has 1 aromatic carbocycles. The molecule has 2 rings (SSSR count). The van der Waals surface area contributed by atoms with Crippen molar-refractivity contribution in [1.29, 1.82) is 0 Å². The number of hydrogen-bond donors (Lipinski definition) is 1. The second-order valence-corrected chi connectivity index (χ2v) is 6.83. The Balaban J connectivity index is 1.99. The molecule has 1 aliphatic rings. The number of anilines is 1. The van der Waals surface area contributed by atoms with Gasteiger partial charge in [-0.25, -0.2) is 0 Å². The predicted octanol–water partition coefficient (Wildman–Crippen LogP) is 2.72. The van der Waals surface area contributed by atoms with E-state index in [0.717, 1.165) is 18.5 Å². The number of ether oxygens (including phenoxy) is 2. The average molecular weight is 348 g/mol. The summed E-state index contributed by atoms with van der Waals surface area (Å²) in [6, 6.07) is 5.76. The quantitative estimate of drug-likeness (QED) is 0.768. The van der Waals surface area contributed by atoms with Crippen molar-refractivity contribution in [2.45, 2.75) is 39.2 Å². The highest BCUT2D eigenvalue weighted by atomic mass is 16.5. The first-order valence-corrected chi connectivity index (χ1v) is 8.75. The van der Waals surface area contributed by atoms with Gasteiger partial charge in [0.05, 0.1) is 14.2 Å². The lowest BCUT2D eigenvalue weighted by atomic mass is 10.0. The van der Waals surface area contributed by atoms with Gasteiger partial charge >= 0.3 is 0 Å². The van der Waals surface area contributed by atoms with Crippen LogP contribution in [-0.2, 0) is 9.59 Å². The van der Waals surface area contributed by atoms with Crippen molar-refractivity contribution in [3.8, 4) is 11.5 Å². The minimum atomic E-state index is -0.354. The zero-order chi connectivity index (χ0) is 18.4. The summed E-state index contributed by atoms with van der Waals surface area (Å²) in [5, 5.41) is 3.43. The number of carbonyl (C=O) groups is 2. The fourth-order valence-corrected chi connectivity index (χ4v) is 3.08. The lowest BCUT2D eigenvalue weighted by molar-refractivity contribution is -0.145. The van der Waals surface area contributed by atoms with Crippen LogP contribution in [0.25, 0.3) is 0 Å². The normalized spacial score (nSPS) is 17.3. The van der Waals surface area contributed by atoms with Crippen molar-refractivity contribution in [2.24, 2.45) is 5.92 Å². The predicted molar refractivity (Wildman–Crippen MR) is 97.2 cm³/mol. The van der Waals surface area contributed by atoms with E-state index in [1.807, 2.05) is 32.0 Å². The summed E-state index contributed by atoms with van der Waals surface area (Å²) in [5.74, 6) is 0.882. The molecule has 6 heteroatoms. The topological polar surface area (TPSA) is 67.9 Å². The van der Waals surface area contributed by atoms with Crippen molar-refractivity contribution in [3.05, 3.63) is 18.2 Å². The Morgan fingerprint density at radius 2 is 1.96 bits per heavy atom. The molecule has 0 aromatic heterocycles. The molecule has 138 valence electrons. The van der Waals surface area contributed by atoms with Crippen molar-refractivity contribution in [1.82, 2.24) is 4.90 Å². The van der Waals surface area contributed by atoms with Gasteiger partial charge in [-0.3, -0.25) is 9.59 Å². The van der Waals surface area contributed by atoms with E-state index in [2.05, 4.69) is 5.32 Å². The number of piperidine rings is 1. The molecule has 1 amide bonds. The van der Waals surface area contributed by atoms with Crippen LogP contribution in [0.15, 0.2) is 18.2 Å². The van der Waals surface area contributed by atoms with E-state index in [-0.39, 0.29) is 23.7 Å². The zero-order valence-electron chi connectivity index (χ0n) is 15.5. The summed E-state index contributed by atoms with van der Waals surface area (Å²) in [4.78, 5) is 26.0. The number of nitrogens with one attached hydrogen (secondary N) is 1. The number of nitrogens with zero attached hydrogens (tertiary/aromatic N) is 1. The fourth-order valence-electron chi connectivity index (χ4n) is 3.08. The second-order valence-electron chi connectivity index (χ2n) is 6.83. The van der Waals surface area contributed by atoms with Crippen molar-refractivity contribution >= 4 is 17.4 Å². The van der Waals surface area contributed by atoms with Crippen LogP contribution in [0.4, 0.5) is 5.69 Å². The van der Waals surface area contributed by atoms with Crippen LogP contribution in [0.1, 0.15) is 33.1 Å². The summed E-state index contributed by atoms with van der Waals surface area (Å²) >= 11 is 0. The first-order chi connectivity index (χ1) is 11.9. The molecule has 1 atom stereocenters. The molecule has 0 aliphatic carbocycles. The third-order valence-electron chi connectivity index (χ3n) is 4.30. The summed E-state index contributed by atoms with van der Waals surface area (Å²) < 4.78 is 10.6. The van der Waals surface area contributed by atoms with Crippen LogP contribution in [-0.4, -0.2) is 49.9 Å². The molecule has 0 saturated carbocycles. The maximum atomic E-state index is 12.3. The number of rotatable bonds is 7. The van der Waals surface area contributed by atoms with Gasteiger partial charge in [0, 0.05) is 37.3 Å². The van der Waals surface area contributed by atoms with E-state index in [0.29, 0.717) is 31.0 Å². The largest absolute Gasteiger partial charge is 0.493 e. The highest BCUT2D eigenvalue weighted by molar-refractivity contribution is 6.36.